The number of nitrogens with zero attached hydrogens (tertiary/aromatic N) is 4. The monoisotopic (exact) mass is 440 g/mol. The average Bonchev–Trinajstić information content (AvgIpc) is 3.33. The van der Waals surface area contributed by atoms with E-state index in [-0.39, 0.29) is 18.1 Å². The van der Waals surface area contributed by atoms with Crippen LogP contribution in [0.5, 0.6) is 0 Å². The van der Waals surface area contributed by atoms with Crippen molar-refractivity contribution < 1.29 is 14.1 Å². The minimum absolute atomic E-state index is 0.0864. The van der Waals surface area contributed by atoms with Crippen LogP contribution in [0.1, 0.15) is 43.5 Å². The molecule has 0 amide bonds. The van der Waals surface area contributed by atoms with Gasteiger partial charge in [0.25, 0.3) is 0 Å². The fourth-order valence-corrected chi connectivity index (χ4v) is 6.02. The van der Waals surface area contributed by atoms with Crippen molar-refractivity contribution in [1.82, 2.24) is 9.97 Å². The van der Waals surface area contributed by atoms with Crippen LogP contribution in [-0.2, 0) is 34.2 Å². The summed E-state index contributed by atoms with van der Waals surface area (Å²) in [5.74, 6) is 1.73. The van der Waals surface area contributed by atoms with Crippen LogP contribution in [0.3, 0.4) is 0 Å². The number of aryl methyl sites for hydroxylation is 1. The Kier molecular flexibility index (Phi) is 5.40. The summed E-state index contributed by atoms with van der Waals surface area (Å²) in [5.41, 5.74) is 3.85. The number of piperidine rings is 1. The van der Waals surface area contributed by atoms with Crippen molar-refractivity contribution in [1.29, 1.82) is 0 Å². The molecule has 164 valence electrons. The Hall–Kier alpha value is -2.16. The van der Waals surface area contributed by atoms with Crippen LogP contribution in [0.4, 0.5) is 11.8 Å². The number of aliphatic hydroxyl groups is 1. The number of aromatic nitrogens is 2. The van der Waals surface area contributed by atoms with Gasteiger partial charge in [0.2, 0.25) is 5.95 Å². The molecule has 0 radical (unpaired) electrons. The summed E-state index contributed by atoms with van der Waals surface area (Å²) in [6.07, 6.45) is 2.43. The zero-order chi connectivity index (χ0) is 21.6. The predicted molar refractivity (Wildman–Crippen MR) is 120 cm³/mol. The van der Waals surface area contributed by atoms with E-state index in [9.17, 15) is 9.32 Å². The molecule has 1 fully saturated rings. The topological polar surface area (TPSA) is 87.9 Å². The Balaban J connectivity index is 1.45. The van der Waals surface area contributed by atoms with E-state index in [0.29, 0.717) is 41.2 Å². The molecule has 1 saturated heterocycles. The average molecular weight is 441 g/mol. The normalized spacial score (nSPS) is 22.3. The second-order valence-electron chi connectivity index (χ2n) is 8.77. The highest BCUT2D eigenvalue weighted by molar-refractivity contribution is 7.85. The molecular weight excluding hydrogens is 412 g/mol. The van der Waals surface area contributed by atoms with Gasteiger partial charge in [0, 0.05) is 31.0 Å². The molecule has 1 unspecified atom stereocenters. The molecule has 1 N–H and O–H groups in total. The third kappa shape index (κ3) is 3.60. The van der Waals surface area contributed by atoms with Crippen molar-refractivity contribution >= 4 is 28.3 Å². The highest BCUT2D eigenvalue weighted by Gasteiger charge is 2.43. The lowest BCUT2D eigenvalue weighted by Gasteiger charge is -2.39. The summed E-state index contributed by atoms with van der Waals surface area (Å²) in [7, 11) is -1.14. The Morgan fingerprint density at radius 1 is 1.29 bits per heavy atom. The first-order chi connectivity index (χ1) is 15.0. The van der Waals surface area contributed by atoms with Crippen molar-refractivity contribution in [2.45, 2.75) is 50.2 Å². The molecule has 0 bridgehead atoms. The summed E-state index contributed by atoms with van der Waals surface area (Å²) >= 11 is 0. The van der Waals surface area contributed by atoms with E-state index in [1.165, 1.54) is 11.1 Å². The highest BCUT2D eigenvalue weighted by atomic mass is 32.2. The molecule has 1 aromatic carbocycles. The molecule has 5 rings (SSSR count). The maximum atomic E-state index is 12.6. The third-order valence-corrected chi connectivity index (χ3v) is 8.05. The van der Waals surface area contributed by atoms with Gasteiger partial charge in [0.05, 0.1) is 35.3 Å². The number of rotatable bonds is 4. The minimum atomic E-state index is -1.14. The molecule has 1 spiro atoms. The molecule has 2 aromatic rings. The SMILES string of the molecule is CC(C)C(CO)=Nc1nc(N2CCC3(CC2)OCc2ccccc23)nc2c1S(=O)CC2. The predicted octanol–water partition coefficient (Wildman–Crippen LogP) is 2.89. The Morgan fingerprint density at radius 3 is 2.81 bits per heavy atom. The second kappa shape index (κ2) is 8.07. The van der Waals surface area contributed by atoms with Gasteiger partial charge in [0.1, 0.15) is 4.90 Å². The van der Waals surface area contributed by atoms with Crippen LogP contribution in [0.15, 0.2) is 34.2 Å². The van der Waals surface area contributed by atoms with E-state index >= 15 is 0 Å². The number of aliphatic hydroxyl groups excluding tert-OH is 1. The van der Waals surface area contributed by atoms with Crippen molar-refractivity contribution in [2.75, 3.05) is 30.3 Å². The Labute approximate surface area is 185 Å². The molecule has 0 aliphatic carbocycles. The van der Waals surface area contributed by atoms with E-state index < -0.39 is 10.8 Å². The molecule has 1 aromatic heterocycles. The van der Waals surface area contributed by atoms with Gasteiger partial charge in [-0.25, -0.2) is 9.98 Å². The quantitative estimate of drug-likeness (QED) is 0.736. The largest absolute Gasteiger partial charge is 0.390 e. The molecule has 8 heteroatoms. The Morgan fingerprint density at radius 2 is 2.06 bits per heavy atom. The van der Waals surface area contributed by atoms with E-state index in [4.69, 9.17) is 14.7 Å². The summed E-state index contributed by atoms with van der Waals surface area (Å²) in [5, 5.41) is 9.71. The van der Waals surface area contributed by atoms with Gasteiger partial charge < -0.3 is 14.7 Å². The highest BCUT2D eigenvalue weighted by Crippen LogP contribution is 2.44. The smallest absolute Gasteiger partial charge is 0.227 e. The van der Waals surface area contributed by atoms with E-state index in [0.717, 1.165) is 31.6 Å². The first kappa shape index (κ1) is 20.7. The van der Waals surface area contributed by atoms with Gasteiger partial charge in [-0.15, -0.1) is 0 Å². The van der Waals surface area contributed by atoms with Gasteiger partial charge in [-0.2, -0.15) is 4.98 Å². The molecule has 1 atom stereocenters. The number of fused-ring (bicyclic) bond motifs is 3. The van der Waals surface area contributed by atoms with Crippen molar-refractivity contribution in [3.8, 4) is 0 Å². The van der Waals surface area contributed by atoms with Crippen LogP contribution in [0.25, 0.3) is 0 Å². The number of hydrogen-bond acceptors (Lipinski definition) is 7. The lowest BCUT2D eigenvalue weighted by atomic mass is 9.84. The van der Waals surface area contributed by atoms with Crippen LogP contribution in [0.2, 0.25) is 0 Å². The number of ether oxygens (including phenoxy) is 1. The van der Waals surface area contributed by atoms with Crippen molar-refractivity contribution in [2.24, 2.45) is 10.9 Å². The van der Waals surface area contributed by atoms with Crippen LogP contribution < -0.4 is 4.90 Å². The summed E-state index contributed by atoms with van der Waals surface area (Å²) in [4.78, 5) is 17.0. The van der Waals surface area contributed by atoms with E-state index in [2.05, 4.69) is 34.2 Å². The summed E-state index contributed by atoms with van der Waals surface area (Å²) in [6.45, 7) is 6.08. The maximum absolute atomic E-state index is 12.6. The number of hydrogen-bond donors (Lipinski definition) is 1. The fourth-order valence-electron chi connectivity index (χ4n) is 4.73. The number of anilines is 1. The second-order valence-corrected chi connectivity index (χ2v) is 10.3. The van der Waals surface area contributed by atoms with Gasteiger partial charge in [-0.05, 0) is 29.9 Å². The molecule has 4 heterocycles. The number of aliphatic imine (C=N–C) groups is 1. The summed E-state index contributed by atoms with van der Waals surface area (Å²) in [6, 6.07) is 8.49. The summed E-state index contributed by atoms with van der Waals surface area (Å²) < 4.78 is 18.9. The van der Waals surface area contributed by atoms with E-state index in [1.54, 1.807) is 0 Å². The molecule has 7 nitrogen and oxygen atoms in total. The Bertz CT molecular complexity index is 1060. The third-order valence-electron chi connectivity index (χ3n) is 6.60. The minimum Gasteiger partial charge on any atom is -0.390 e. The van der Waals surface area contributed by atoms with Crippen molar-refractivity contribution in [3.05, 3.63) is 41.1 Å². The number of benzene rings is 1. The van der Waals surface area contributed by atoms with Crippen LogP contribution in [0, 0.1) is 5.92 Å². The fraction of sp³-hybridized carbons (Fsp3) is 0.522. The molecule has 0 saturated carbocycles. The standard InChI is InChI=1S/C23H28N4O3S/c1-15(2)19(13-28)24-21-20-18(7-12-31(20)29)25-22(26-21)27-10-8-23(9-11-27)17-6-4-3-5-16(17)14-30-23/h3-6,15,28H,7-14H2,1-2H3. The molecule has 3 aliphatic rings. The van der Waals surface area contributed by atoms with Crippen molar-refractivity contribution in [3.63, 3.8) is 0 Å². The zero-order valence-electron chi connectivity index (χ0n) is 18.0. The van der Waals surface area contributed by atoms with Crippen LogP contribution >= 0.6 is 0 Å². The maximum Gasteiger partial charge on any atom is 0.227 e. The van der Waals surface area contributed by atoms with E-state index in [1.807, 2.05) is 13.8 Å². The van der Waals surface area contributed by atoms with Crippen LogP contribution in [-0.4, -0.2) is 50.4 Å². The molecule has 3 aliphatic heterocycles. The zero-order valence-corrected chi connectivity index (χ0v) is 18.8. The first-order valence-electron chi connectivity index (χ1n) is 11.0. The lowest BCUT2D eigenvalue weighted by Crippen LogP contribution is -2.43. The molecule has 31 heavy (non-hydrogen) atoms. The van der Waals surface area contributed by atoms with Gasteiger partial charge in [-0.1, -0.05) is 38.1 Å². The first-order valence-corrected chi connectivity index (χ1v) is 12.3. The van der Waals surface area contributed by atoms with Gasteiger partial charge >= 0.3 is 0 Å². The van der Waals surface area contributed by atoms with Gasteiger partial charge in [0.15, 0.2) is 5.82 Å². The van der Waals surface area contributed by atoms with Gasteiger partial charge in [-0.3, -0.25) is 4.21 Å². The lowest BCUT2D eigenvalue weighted by molar-refractivity contribution is -0.0552. The molecular formula is C23H28N4O3S.